The van der Waals surface area contributed by atoms with Crippen LogP contribution in [0, 0.1) is 17.7 Å². The van der Waals surface area contributed by atoms with E-state index in [-0.39, 0.29) is 11.8 Å². The summed E-state index contributed by atoms with van der Waals surface area (Å²) in [4.78, 5) is 41.5. The van der Waals surface area contributed by atoms with Gasteiger partial charge in [-0.15, -0.1) is 0 Å². The van der Waals surface area contributed by atoms with Crippen LogP contribution in [0.1, 0.15) is 30.9 Å². The average Bonchev–Trinajstić information content (AvgIpc) is 3.33. The quantitative estimate of drug-likeness (QED) is 0.728. The van der Waals surface area contributed by atoms with Gasteiger partial charge < -0.3 is 5.32 Å². The Hall–Kier alpha value is -3.06. The van der Waals surface area contributed by atoms with Crippen molar-refractivity contribution < 1.29 is 18.8 Å². The second kappa shape index (κ2) is 7.27. The van der Waals surface area contributed by atoms with E-state index in [0.717, 1.165) is 12.0 Å². The number of anilines is 1. The standard InChI is InChI=1S/C24H24FN3O3/c1-2-3-11-28-21(29)19-18(12-14-7-5-4-6-8-14)27-24(20(19)22(28)30)16-13-15(25)9-10-17(16)26-23(24)31/h4-10,13,18-20,27H,2-3,11-12H2,1H3,(H,26,31)/t18-,19+,20-,24-/m0/s1. The van der Waals surface area contributed by atoms with E-state index in [1.165, 1.54) is 23.1 Å². The number of rotatable bonds is 5. The molecule has 4 atom stereocenters. The molecular formula is C24H24FN3O3. The highest BCUT2D eigenvalue weighted by molar-refractivity contribution is 6.15. The highest BCUT2D eigenvalue weighted by atomic mass is 19.1. The number of imide groups is 1. The maximum absolute atomic E-state index is 14.2. The Bertz CT molecular complexity index is 1070. The van der Waals surface area contributed by atoms with Crippen LogP contribution in [0.25, 0.3) is 0 Å². The lowest BCUT2D eigenvalue weighted by atomic mass is 9.76. The molecule has 3 aliphatic rings. The van der Waals surface area contributed by atoms with Gasteiger partial charge in [-0.1, -0.05) is 43.7 Å². The lowest BCUT2D eigenvalue weighted by Crippen LogP contribution is -2.53. The van der Waals surface area contributed by atoms with Gasteiger partial charge in [-0.3, -0.25) is 24.6 Å². The first-order valence-electron chi connectivity index (χ1n) is 10.8. The first-order chi connectivity index (χ1) is 15.0. The molecule has 3 amide bonds. The highest BCUT2D eigenvalue weighted by Gasteiger charge is 2.70. The normalized spacial score (nSPS) is 28.9. The number of unbranched alkanes of at least 4 members (excludes halogenated alkanes) is 1. The van der Waals surface area contributed by atoms with Crippen molar-refractivity contribution in [1.82, 2.24) is 10.2 Å². The summed E-state index contributed by atoms with van der Waals surface area (Å²) in [6.45, 7) is 2.34. The fourth-order valence-corrected chi connectivity index (χ4v) is 5.41. The summed E-state index contributed by atoms with van der Waals surface area (Å²) in [7, 11) is 0. The molecule has 0 bridgehead atoms. The molecule has 0 aliphatic carbocycles. The van der Waals surface area contributed by atoms with Gasteiger partial charge in [0.25, 0.3) is 0 Å². The number of halogens is 1. The molecule has 5 rings (SSSR count). The van der Waals surface area contributed by atoms with Gasteiger partial charge >= 0.3 is 0 Å². The molecule has 160 valence electrons. The zero-order chi connectivity index (χ0) is 21.8. The van der Waals surface area contributed by atoms with Crippen LogP contribution in [-0.2, 0) is 26.3 Å². The molecular weight excluding hydrogens is 397 g/mol. The maximum Gasteiger partial charge on any atom is 0.250 e. The Balaban J connectivity index is 1.62. The predicted molar refractivity (Wildman–Crippen MR) is 112 cm³/mol. The summed E-state index contributed by atoms with van der Waals surface area (Å²) in [5, 5.41) is 6.14. The third-order valence-electron chi connectivity index (χ3n) is 6.80. The van der Waals surface area contributed by atoms with E-state index >= 15 is 0 Å². The van der Waals surface area contributed by atoms with Crippen LogP contribution >= 0.6 is 0 Å². The van der Waals surface area contributed by atoms with Crippen LogP contribution in [0.4, 0.5) is 10.1 Å². The molecule has 0 radical (unpaired) electrons. The number of likely N-dealkylation sites (tertiary alicyclic amines) is 1. The van der Waals surface area contributed by atoms with E-state index in [1.54, 1.807) is 0 Å². The molecule has 3 aliphatic heterocycles. The van der Waals surface area contributed by atoms with E-state index in [2.05, 4.69) is 10.6 Å². The van der Waals surface area contributed by atoms with Crippen molar-refractivity contribution in [2.75, 3.05) is 11.9 Å². The van der Waals surface area contributed by atoms with Crippen molar-refractivity contribution in [3.05, 3.63) is 65.5 Å². The molecule has 2 N–H and O–H groups in total. The number of nitrogens with zero attached hydrogens (tertiary/aromatic N) is 1. The number of carbonyl (C=O) groups is 3. The second-order valence-electron chi connectivity index (χ2n) is 8.58. The van der Waals surface area contributed by atoms with Crippen LogP contribution in [0.5, 0.6) is 0 Å². The first kappa shape index (κ1) is 19.9. The van der Waals surface area contributed by atoms with Crippen molar-refractivity contribution in [2.45, 2.75) is 37.8 Å². The van der Waals surface area contributed by atoms with Crippen molar-refractivity contribution in [3.63, 3.8) is 0 Å². The van der Waals surface area contributed by atoms with Crippen LogP contribution in [0.2, 0.25) is 0 Å². The Morgan fingerprint density at radius 3 is 2.58 bits per heavy atom. The zero-order valence-corrected chi connectivity index (χ0v) is 17.2. The number of nitrogens with one attached hydrogen (secondary N) is 2. The Labute approximate surface area is 179 Å². The van der Waals surface area contributed by atoms with Crippen molar-refractivity contribution in [3.8, 4) is 0 Å². The summed E-state index contributed by atoms with van der Waals surface area (Å²) in [6.07, 6.45) is 2.04. The molecule has 0 unspecified atom stereocenters. The van der Waals surface area contributed by atoms with Crippen molar-refractivity contribution >= 4 is 23.4 Å². The minimum Gasteiger partial charge on any atom is -0.324 e. The van der Waals surface area contributed by atoms with Gasteiger partial charge in [-0.25, -0.2) is 4.39 Å². The number of fused-ring (bicyclic) bond motifs is 4. The average molecular weight is 421 g/mol. The summed E-state index contributed by atoms with van der Waals surface area (Å²) >= 11 is 0. The lowest BCUT2D eigenvalue weighted by molar-refractivity contribution is -0.142. The van der Waals surface area contributed by atoms with E-state index in [0.29, 0.717) is 30.6 Å². The topological polar surface area (TPSA) is 78.5 Å². The number of hydrogen-bond acceptors (Lipinski definition) is 4. The molecule has 2 aromatic carbocycles. The van der Waals surface area contributed by atoms with Crippen molar-refractivity contribution in [1.29, 1.82) is 0 Å². The first-order valence-corrected chi connectivity index (χ1v) is 10.8. The summed E-state index contributed by atoms with van der Waals surface area (Å²) in [5.74, 6) is -3.06. The van der Waals surface area contributed by atoms with Gasteiger partial charge in [-0.2, -0.15) is 0 Å². The molecule has 2 aromatic rings. The molecule has 2 saturated heterocycles. The van der Waals surface area contributed by atoms with Gasteiger partial charge in [-0.05, 0) is 36.6 Å². The fourth-order valence-electron chi connectivity index (χ4n) is 5.41. The fraction of sp³-hybridized carbons (Fsp3) is 0.375. The van der Waals surface area contributed by atoms with Crippen LogP contribution in [0.3, 0.4) is 0 Å². The van der Waals surface area contributed by atoms with Crippen molar-refractivity contribution in [2.24, 2.45) is 11.8 Å². The molecule has 31 heavy (non-hydrogen) atoms. The van der Waals surface area contributed by atoms with Crippen LogP contribution in [0.15, 0.2) is 48.5 Å². The highest BCUT2D eigenvalue weighted by Crippen LogP contribution is 2.53. The smallest absolute Gasteiger partial charge is 0.250 e. The van der Waals surface area contributed by atoms with E-state index in [9.17, 15) is 18.8 Å². The lowest BCUT2D eigenvalue weighted by Gasteiger charge is -2.29. The number of carbonyl (C=O) groups excluding carboxylic acids is 3. The number of amides is 3. The number of hydrogen-bond donors (Lipinski definition) is 2. The Kier molecular flexibility index (Phi) is 4.66. The maximum atomic E-state index is 14.2. The third-order valence-corrected chi connectivity index (χ3v) is 6.80. The molecule has 7 heteroatoms. The summed E-state index contributed by atoms with van der Waals surface area (Å²) < 4.78 is 14.2. The van der Waals surface area contributed by atoms with Gasteiger partial charge in [0.05, 0.1) is 11.8 Å². The second-order valence-corrected chi connectivity index (χ2v) is 8.58. The van der Waals surface area contributed by atoms with E-state index in [1.807, 2.05) is 37.3 Å². The van der Waals surface area contributed by atoms with Gasteiger partial charge in [0, 0.05) is 23.8 Å². The molecule has 0 saturated carbocycles. The molecule has 2 fully saturated rings. The third kappa shape index (κ3) is 2.83. The van der Waals surface area contributed by atoms with Gasteiger partial charge in [0.2, 0.25) is 17.7 Å². The predicted octanol–water partition coefficient (Wildman–Crippen LogP) is 2.59. The summed E-state index contributed by atoms with van der Waals surface area (Å²) in [5.41, 5.74) is 0.433. The molecule has 1 spiro atoms. The SMILES string of the molecule is CCCCN1C(=O)[C@@H]2[C@H](Cc3ccccc3)N[C@]3(C(=O)Nc4ccc(F)cc43)[C@@H]2C1=O. The molecule has 0 aromatic heterocycles. The van der Waals surface area contributed by atoms with E-state index in [4.69, 9.17) is 0 Å². The monoisotopic (exact) mass is 421 g/mol. The minimum absolute atomic E-state index is 0.244. The summed E-state index contributed by atoms with van der Waals surface area (Å²) in [6, 6.07) is 13.3. The van der Waals surface area contributed by atoms with Gasteiger partial charge in [0.1, 0.15) is 11.4 Å². The van der Waals surface area contributed by atoms with Gasteiger partial charge in [0.15, 0.2) is 0 Å². The zero-order valence-electron chi connectivity index (χ0n) is 17.2. The van der Waals surface area contributed by atoms with Crippen LogP contribution in [-0.4, -0.2) is 35.2 Å². The van der Waals surface area contributed by atoms with E-state index < -0.39 is 35.1 Å². The molecule has 6 nitrogen and oxygen atoms in total. The number of benzene rings is 2. The molecule has 3 heterocycles. The Morgan fingerprint density at radius 1 is 1.06 bits per heavy atom. The van der Waals surface area contributed by atoms with Crippen LogP contribution < -0.4 is 10.6 Å². The largest absolute Gasteiger partial charge is 0.324 e. The Morgan fingerprint density at radius 2 is 1.84 bits per heavy atom. The minimum atomic E-state index is -1.45.